The molecule has 0 radical (unpaired) electrons. The van der Waals surface area contributed by atoms with E-state index in [0.29, 0.717) is 49.1 Å². The molecular weight excluding hydrogens is 440 g/mol. The highest BCUT2D eigenvalue weighted by molar-refractivity contribution is 7.92. The monoisotopic (exact) mass is 466 g/mol. The molecule has 0 spiro atoms. The van der Waals surface area contributed by atoms with Crippen LogP contribution in [0, 0.1) is 0 Å². The maximum atomic E-state index is 13.3. The molecule has 0 fully saturated rings. The topological polar surface area (TPSA) is 76.1 Å². The van der Waals surface area contributed by atoms with Crippen molar-refractivity contribution in [3.05, 3.63) is 83.9 Å². The van der Waals surface area contributed by atoms with Crippen molar-refractivity contribution in [1.82, 2.24) is 4.90 Å². The fourth-order valence-electron chi connectivity index (χ4n) is 3.70. The van der Waals surface area contributed by atoms with Gasteiger partial charge in [0, 0.05) is 31.3 Å². The second-order valence-corrected chi connectivity index (χ2v) is 9.57. The molecule has 1 amide bonds. The molecule has 3 aromatic carbocycles. The van der Waals surface area contributed by atoms with Crippen LogP contribution in [0.3, 0.4) is 0 Å². The number of carbonyl (C=O) groups is 1. The van der Waals surface area contributed by atoms with E-state index in [1.165, 1.54) is 23.5 Å². The quantitative estimate of drug-likeness (QED) is 0.527. The minimum Gasteiger partial charge on any atom is -0.486 e. The van der Waals surface area contributed by atoms with Crippen molar-refractivity contribution in [2.45, 2.75) is 18.4 Å². The first-order valence-corrected chi connectivity index (χ1v) is 12.2. The van der Waals surface area contributed by atoms with Crippen molar-refractivity contribution in [2.75, 3.05) is 31.1 Å². The first-order valence-electron chi connectivity index (χ1n) is 10.7. The molecule has 0 saturated carbocycles. The van der Waals surface area contributed by atoms with Gasteiger partial charge in [-0.2, -0.15) is 0 Å². The van der Waals surface area contributed by atoms with Gasteiger partial charge in [-0.1, -0.05) is 36.4 Å². The van der Waals surface area contributed by atoms with Crippen molar-refractivity contribution in [3.63, 3.8) is 0 Å². The normalized spacial score (nSPS) is 12.8. The Hall–Kier alpha value is -3.52. The number of ether oxygens (including phenoxy) is 2. The predicted molar refractivity (Wildman–Crippen MR) is 126 cm³/mol. The van der Waals surface area contributed by atoms with Crippen molar-refractivity contribution < 1.29 is 22.7 Å². The van der Waals surface area contributed by atoms with Gasteiger partial charge in [-0.25, -0.2) is 8.42 Å². The number of amides is 1. The highest BCUT2D eigenvalue weighted by atomic mass is 32.2. The van der Waals surface area contributed by atoms with Gasteiger partial charge in [0.1, 0.15) is 13.2 Å². The van der Waals surface area contributed by atoms with Crippen LogP contribution in [0.25, 0.3) is 0 Å². The van der Waals surface area contributed by atoms with Crippen molar-refractivity contribution in [1.29, 1.82) is 0 Å². The maximum absolute atomic E-state index is 13.3. The third-order valence-corrected chi connectivity index (χ3v) is 7.32. The molecule has 1 aliphatic heterocycles. The van der Waals surface area contributed by atoms with Crippen LogP contribution in [-0.2, 0) is 16.6 Å². The van der Waals surface area contributed by atoms with E-state index >= 15 is 0 Å². The number of para-hydroxylation sites is 2. The van der Waals surface area contributed by atoms with Crippen LogP contribution in [0.2, 0.25) is 0 Å². The standard InChI is InChI=1S/C25H26N2O5S/c1-3-27(18-20-10-8-14-23-24(20)32-16-15-31-23)25(28)19-9-7-13-22(17-19)33(29,30)26(2)21-11-5-4-6-12-21/h4-14,17H,3,15-16,18H2,1-2H3. The van der Waals surface area contributed by atoms with Gasteiger partial charge in [0.25, 0.3) is 15.9 Å². The number of benzene rings is 3. The number of anilines is 1. The van der Waals surface area contributed by atoms with E-state index in [0.717, 1.165) is 5.56 Å². The second kappa shape index (κ2) is 9.54. The Morgan fingerprint density at radius 2 is 1.67 bits per heavy atom. The molecule has 0 N–H and O–H groups in total. The molecule has 0 saturated heterocycles. The van der Waals surface area contributed by atoms with Crippen LogP contribution in [0.5, 0.6) is 11.5 Å². The molecular formula is C25H26N2O5S. The molecule has 172 valence electrons. The summed E-state index contributed by atoms with van der Waals surface area (Å²) in [6.45, 7) is 3.60. The molecule has 8 heteroatoms. The van der Waals surface area contributed by atoms with Gasteiger partial charge >= 0.3 is 0 Å². The number of carbonyl (C=O) groups excluding carboxylic acids is 1. The Labute approximate surface area is 194 Å². The van der Waals surface area contributed by atoms with Gasteiger partial charge in [-0.3, -0.25) is 9.10 Å². The molecule has 4 rings (SSSR count). The molecule has 0 unspecified atom stereocenters. The number of sulfonamides is 1. The first-order chi connectivity index (χ1) is 15.9. The SMILES string of the molecule is CCN(Cc1cccc2c1OCCO2)C(=O)c1cccc(S(=O)(=O)N(C)c2ccccc2)c1. The minimum atomic E-state index is -3.83. The number of rotatable bonds is 7. The lowest BCUT2D eigenvalue weighted by Crippen LogP contribution is -2.31. The summed E-state index contributed by atoms with van der Waals surface area (Å²) in [7, 11) is -2.33. The van der Waals surface area contributed by atoms with Gasteiger partial charge in [0.2, 0.25) is 0 Å². The summed E-state index contributed by atoms with van der Waals surface area (Å²) in [5, 5.41) is 0. The molecule has 0 aliphatic carbocycles. The Morgan fingerprint density at radius 3 is 2.42 bits per heavy atom. The number of hydrogen-bond donors (Lipinski definition) is 0. The highest BCUT2D eigenvalue weighted by Gasteiger charge is 2.24. The van der Waals surface area contributed by atoms with E-state index in [9.17, 15) is 13.2 Å². The summed E-state index contributed by atoms with van der Waals surface area (Å²) in [6, 6.07) is 20.6. The van der Waals surface area contributed by atoms with Gasteiger partial charge in [0.15, 0.2) is 11.5 Å². The van der Waals surface area contributed by atoms with Crippen molar-refractivity contribution in [3.8, 4) is 11.5 Å². The van der Waals surface area contributed by atoms with Crippen LogP contribution < -0.4 is 13.8 Å². The fraction of sp³-hybridized carbons (Fsp3) is 0.240. The molecule has 1 heterocycles. The third kappa shape index (κ3) is 4.66. The predicted octanol–water partition coefficient (Wildman–Crippen LogP) is 3.95. The van der Waals surface area contributed by atoms with E-state index in [1.54, 1.807) is 41.3 Å². The summed E-state index contributed by atoms with van der Waals surface area (Å²) in [4.78, 5) is 15.0. The van der Waals surface area contributed by atoms with E-state index in [2.05, 4.69) is 0 Å². The highest BCUT2D eigenvalue weighted by Crippen LogP contribution is 2.34. The summed E-state index contributed by atoms with van der Waals surface area (Å²) < 4.78 is 39.0. The molecule has 0 aromatic heterocycles. The second-order valence-electron chi connectivity index (χ2n) is 7.60. The number of hydrogen-bond acceptors (Lipinski definition) is 5. The Bertz CT molecular complexity index is 1240. The maximum Gasteiger partial charge on any atom is 0.264 e. The Kier molecular flexibility index (Phi) is 6.55. The summed E-state index contributed by atoms with van der Waals surface area (Å²) >= 11 is 0. The van der Waals surface area contributed by atoms with E-state index in [1.807, 2.05) is 31.2 Å². The largest absolute Gasteiger partial charge is 0.486 e. The number of fused-ring (bicyclic) bond motifs is 1. The molecule has 7 nitrogen and oxygen atoms in total. The zero-order chi connectivity index (χ0) is 23.4. The van der Waals surface area contributed by atoms with Crippen LogP contribution >= 0.6 is 0 Å². The van der Waals surface area contributed by atoms with Crippen LogP contribution in [0.15, 0.2) is 77.7 Å². The van der Waals surface area contributed by atoms with Crippen LogP contribution in [-0.4, -0.2) is 46.0 Å². The Morgan fingerprint density at radius 1 is 0.939 bits per heavy atom. The first kappa shape index (κ1) is 22.7. The van der Waals surface area contributed by atoms with Crippen molar-refractivity contribution >= 4 is 21.6 Å². The van der Waals surface area contributed by atoms with Crippen LogP contribution in [0.4, 0.5) is 5.69 Å². The van der Waals surface area contributed by atoms with E-state index < -0.39 is 10.0 Å². The zero-order valence-corrected chi connectivity index (χ0v) is 19.4. The van der Waals surface area contributed by atoms with E-state index in [-0.39, 0.29) is 10.8 Å². The molecule has 1 aliphatic rings. The van der Waals surface area contributed by atoms with Gasteiger partial charge in [0.05, 0.1) is 10.6 Å². The lowest BCUT2D eigenvalue weighted by Gasteiger charge is -2.25. The van der Waals surface area contributed by atoms with Crippen LogP contribution in [0.1, 0.15) is 22.8 Å². The zero-order valence-electron chi connectivity index (χ0n) is 18.6. The number of nitrogens with zero attached hydrogens (tertiary/aromatic N) is 2. The summed E-state index contributed by atoms with van der Waals surface area (Å²) in [6.07, 6.45) is 0. The van der Waals surface area contributed by atoms with Gasteiger partial charge in [-0.05, 0) is 43.3 Å². The average Bonchev–Trinajstić information content (AvgIpc) is 2.87. The smallest absolute Gasteiger partial charge is 0.264 e. The molecule has 3 aromatic rings. The summed E-state index contributed by atoms with van der Waals surface area (Å²) in [5.74, 6) is 1.06. The lowest BCUT2D eigenvalue weighted by atomic mass is 10.1. The van der Waals surface area contributed by atoms with E-state index in [4.69, 9.17) is 9.47 Å². The minimum absolute atomic E-state index is 0.0598. The Balaban J connectivity index is 1.59. The average molecular weight is 467 g/mol. The van der Waals surface area contributed by atoms with Gasteiger partial charge < -0.3 is 14.4 Å². The molecule has 0 atom stereocenters. The molecule has 0 bridgehead atoms. The van der Waals surface area contributed by atoms with Crippen molar-refractivity contribution in [2.24, 2.45) is 0 Å². The van der Waals surface area contributed by atoms with Gasteiger partial charge in [-0.15, -0.1) is 0 Å². The summed E-state index contributed by atoms with van der Waals surface area (Å²) in [5.41, 5.74) is 1.69. The third-order valence-electron chi connectivity index (χ3n) is 5.54. The lowest BCUT2D eigenvalue weighted by molar-refractivity contribution is 0.0749. The fourth-order valence-corrected chi connectivity index (χ4v) is 4.94. The molecule has 33 heavy (non-hydrogen) atoms.